The Balaban J connectivity index is 2.43. The number of amides is 3. The molecule has 0 aliphatic heterocycles. The molecular formula is C23H36N4O3. The Labute approximate surface area is 180 Å². The minimum Gasteiger partial charge on any atom is -0.366 e. The Morgan fingerprint density at radius 3 is 2.53 bits per heavy atom. The van der Waals surface area contributed by atoms with E-state index >= 15 is 0 Å². The van der Waals surface area contributed by atoms with Crippen molar-refractivity contribution in [2.75, 3.05) is 37.0 Å². The SMILES string of the molecule is CNCCN(C=O)c1cc(C(N)=O)ccc1N(C)C(=O)C1CC(C)CC[C@H]1C(C)C. The van der Waals surface area contributed by atoms with E-state index in [1.165, 1.54) is 4.90 Å². The highest BCUT2D eigenvalue weighted by Gasteiger charge is 2.37. The smallest absolute Gasteiger partial charge is 0.248 e. The molecule has 3 N–H and O–H groups in total. The van der Waals surface area contributed by atoms with Gasteiger partial charge in [-0.3, -0.25) is 14.4 Å². The zero-order valence-electron chi connectivity index (χ0n) is 18.9. The van der Waals surface area contributed by atoms with Crippen LogP contribution >= 0.6 is 0 Å². The lowest BCUT2D eigenvalue weighted by Gasteiger charge is -2.38. The summed E-state index contributed by atoms with van der Waals surface area (Å²) in [7, 11) is 3.55. The molecule has 7 heteroatoms. The summed E-state index contributed by atoms with van der Waals surface area (Å²) in [6, 6.07) is 4.91. The molecule has 7 nitrogen and oxygen atoms in total. The maximum Gasteiger partial charge on any atom is 0.248 e. The Morgan fingerprint density at radius 2 is 1.97 bits per heavy atom. The van der Waals surface area contributed by atoms with Gasteiger partial charge in [0.25, 0.3) is 0 Å². The minimum absolute atomic E-state index is 0.0515. The first-order chi connectivity index (χ1) is 14.2. The zero-order chi connectivity index (χ0) is 22.4. The van der Waals surface area contributed by atoms with E-state index < -0.39 is 5.91 Å². The maximum atomic E-state index is 13.6. The van der Waals surface area contributed by atoms with Crippen LogP contribution in [0.25, 0.3) is 0 Å². The van der Waals surface area contributed by atoms with E-state index in [2.05, 4.69) is 26.1 Å². The summed E-state index contributed by atoms with van der Waals surface area (Å²) in [5.74, 6) is 0.727. The molecule has 3 atom stereocenters. The van der Waals surface area contributed by atoms with E-state index in [0.29, 0.717) is 47.8 Å². The van der Waals surface area contributed by atoms with Crippen LogP contribution in [0.15, 0.2) is 18.2 Å². The van der Waals surface area contributed by atoms with Crippen LogP contribution in [0.1, 0.15) is 50.4 Å². The predicted octanol–water partition coefficient (Wildman–Crippen LogP) is 2.64. The third-order valence-electron chi connectivity index (χ3n) is 6.33. The molecule has 1 aromatic rings. The van der Waals surface area contributed by atoms with Crippen LogP contribution in [-0.2, 0) is 9.59 Å². The van der Waals surface area contributed by atoms with Crippen molar-refractivity contribution in [1.82, 2.24) is 5.32 Å². The van der Waals surface area contributed by atoms with Crippen LogP contribution in [0.4, 0.5) is 11.4 Å². The van der Waals surface area contributed by atoms with Crippen molar-refractivity contribution < 1.29 is 14.4 Å². The molecule has 1 fully saturated rings. The van der Waals surface area contributed by atoms with Gasteiger partial charge in [-0.05, 0) is 55.8 Å². The van der Waals surface area contributed by atoms with Crippen molar-refractivity contribution in [3.63, 3.8) is 0 Å². The monoisotopic (exact) mass is 416 g/mol. The van der Waals surface area contributed by atoms with Crippen LogP contribution in [0.5, 0.6) is 0 Å². The van der Waals surface area contributed by atoms with E-state index in [9.17, 15) is 14.4 Å². The summed E-state index contributed by atoms with van der Waals surface area (Å²) >= 11 is 0. The first-order valence-electron chi connectivity index (χ1n) is 10.8. The van der Waals surface area contributed by atoms with Gasteiger partial charge in [-0.2, -0.15) is 0 Å². The Kier molecular flexibility index (Phi) is 8.41. The molecule has 0 saturated heterocycles. The average Bonchev–Trinajstić information content (AvgIpc) is 2.72. The van der Waals surface area contributed by atoms with Crippen molar-refractivity contribution in [1.29, 1.82) is 0 Å². The van der Waals surface area contributed by atoms with Gasteiger partial charge in [-0.1, -0.05) is 27.2 Å². The Morgan fingerprint density at radius 1 is 1.27 bits per heavy atom. The van der Waals surface area contributed by atoms with Gasteiger partial charge in [0.15, 0.2) is 0 Å². The first-order valence-corrected chi connectivity index (χ1v) is 10.8. The summed E-state index contributed by atoms with van der Waals surface area (Å²) in [5, 5.41) is 3.01. The second-order valence-corrected chi connectivity index (χ2v) is 8.80. The lowest BCUT2D eigenvalue weighted by atomic mass is 9.69. The molecule has 30 heavy (non-hydrogen) atoms. The number of nitrogens with one attached hydrogen (secondary N) is 1. The number of carbonyl (C=O) groups excluding carboxylic acids is 3. The summed E-state index contributed by atoms with van der Waals surface area (Å²) in [5.41, 5.74) is 6.88. The van der Waals surface area contributed by atoms with Gasteiger partial charge in [-0.25, -0.2) is 0 Å². The molecule has 2 rings (SSSR count). The maximum absolute atomic E-state index is 13.6. The van der Waals surface area contributed by atoms with Crippen LogP contribution in [0.2, 0.25) is 0 Å². The van der Waals surface area contributed by atoms with Gasteiger partial charge in [-0.15, -0.1) is 0 Å². The molecule has 1 aliphatic carbocycles. The van der Waals surface area contributed by atoms with Gasteiger partial charge in [0, 0.05) is 31.6 Å². The van der Waals surface area contributed by atoms with Gasteiger partial charge >= 0.3 is 0 Å². The number of hydrogen-bond acceptors (Lipinski definition) is 4. The van der Waals surface area contributed by atoms with E-state index in [0.717, 1.165) is 25.7 Å². The Hall–Kier alpha value is -2.41. The summed E-state index contributed by atoms with van der Waals surface area (Å²) in [4.78, 5) is 40.2. The number of anilines is 2. The molecule has 0 heterocycles. The quantitative estimate of drug-likeness (QED) is 0.605. The molecule has 0 bridgehead atoms. The number of hydrogen-bond donors (Lipinski definition) is 2. The molecule has 1 aliphatic rings. The second kappa shape index (κ2) is 10.6. The van der Waals surface area contributed by atoms with Gasteiger partial charge < -0.3 is 20.9 Å². The van der Waals surface area contributed by atoms with Crippen LogP contribution < -0.4 is 20.9 Å². The highest BCUT2D eigenvalue weighted by Crippen LogP contribution is 2.40. The summed E-state index contributed by atoms with van der Waals surface area (Å²) in [6.07, 6.45) is 3.80. The molecule has 1 saturated carbocycles. The van der Waals surface area contributed by atoms with E-state index in [-0.39, 0.29) is 11.8 Å². The third kappa shape index (κ3) is 5.39. The molecule has 0 radical (unpaired) electrons. The van der Waals surface area contributed by atoms with Gasteiger partial charge in [0.1, 0.15) is 0 Å². The minimum atomic E-state index is -0.572. The summed E-state index contributed by atoms with van der Waals surface area (Å²) in [6.45, 7) is 7.55. The fourth-order valence-corrected chi connectivity index (χ4v) is 4.51. The lowest BCUT2D eigenvalue weighted by molar-refractivity contribution is -0.126. The van der Waals surface area contributed by atoms with Crippen LogP contribution in [-0.4, -0.2) is 45.4 Å². The number of benzene rings is 1. The molecule has 2 unspecified atom stereocenters. The molecular weight excluding hydrogens is 380 g/mol. The van der Waals surface area contributed by atoms with Crippen molar-refractivity contribution >= 4 is 29.6 Å². The first kappa shape index (κ1) is 23.9. The summed E-state index contributed by atoms with van der Waals surface area (Å²) < 4.78 is 0. The molecule has 0 spiro atoms. The van der Waals surface area contributed by atoms with Crippen LogP contribution in [0.3, 0.4) is 0 Å². The fraction of sp³-hybridized carbons (Fsp3) is 0.609. The van der Waals surface area contributed by atoms with Crippen molar-refractivity contribution in [2.24, 2.45) is 29.4 Å². The van der Waals surface area contributed by atoms with E-state index in [4.69, 9.17) is 5.73 Å². The second-order valence-electron chi connectivity index (χ2n) is 8.80. The topological polar surface area (TPSA) is 95.7 Å². The molecule has 166 valence electrons. The van der Waals surface area contributed by atoms with Crippen LogP contribution in [0, 0.1) is 23.7 Å². The Bertz CT molecular complexity index is 765. The van der Waals surface area contributed by atoms with Crippen molar-refractivity contribution in [3.05, 3.63) is 23.8 Å². The number of likely N-dealkylation sites (N-methyl/N-ethyl adjacent to an activating group) is 1. The highest BCUT2D eigenvalue weighted by atomic mass is 16.2. The number of rotatable bonds is 9. The lowest BCUT2D eigenvalue weighted by Crippen LogP contribution is -2.42. The fourth-order valence-electron chi connectivity index (χ4n) is 4.51. The largest absolute Gasteiger partial charge is 0.366 e. The van der Waals surface area contributed by atoms with Crippen molar-refractivity contribution in [2.45, 2.75) is 40.0 Å². The third-order valence-corrected chi connectivity index (χ3v) is 6.33. The number of nitrogens with zero attached hydrogens (tertiary/aromatic N) is 2. The number of carbonyl (C=O) groups is 3. The number of primary amides is 1. The zero-order valence-corrected chi connectivity index (χ0v) is 18.9. The van der Waals surface area contributed by atoms with Crippen molar-refractivity contribution in [3.8, 4) is 0 Å². The van der Waals surface area contributed by atoms with Gasteiger partial charge in [0.05, 0.1) is 11.4 Å². The average molecular weight is 417 g/mol. The number of nitrogens with two attached hydrogens (primary N) is 1. The molecule has 1 aromatic carbocycles. The highest BCUT2D eigenvalue weighted by molar-refractivity contribution is 6.02. The normalized spacial score (nSPS) is 21.3. The van der Waals surface area contributed by atoms with Gasteiger partial charge in [0.2, 0.25) is 18.2 Å². The standard InChI is InChI=1S/C23H36N4O3/c1-15(2)18-8-6-16(3)12-19(18)23(30)26(5)20-9-7-17(22(24)29)13-21(20)27(14-28)11-10-25-4/h7,9,13-16,18-19,25H,6,8,10-12H2,1-5H3,(H2,24,29)/t16?,18-,19?/m0/s1. The molecule has 0 aromatic heterocycles. The van der Waals surface area contributed by atoms with E-state index in [1.54, 1.807) is 37.2 Å². The predicted molar refractivity (Wildman–Crippen MR) is 121 cm³/mol. The molecule has 3 amide bonds. The van der Waals surface area contributed by atoms with E-state index in [1.807, 2.05) is 0 Å².